The number of amides is 1. The monoisotopic (exact) mass is 344 g/mol. The number of aromatic nitrogens is 1. The predicted octanol–water partition coefficient (Wildman–Crippen LogP) is 2.79. The summed E-state index contributed by atoms with van der Waals surface area (Å²) >= 11 is 0. The van der Waals surface area contributed by atoms with Crippen molar-refractivity contribution in [3.05, 3.63) is 24.0 Å². The molecule has 0 aliphatic carbocycles. The minimum Gasteiger partial charge on any atom is -0.444 e. The highest BCUT2D eigenvalue weighted by atomic mass is 16.6. The van der Waals surface area contributed by atoms with E-state index in [1.165, 1.54) is 0 Å². The van der Waals surface area contributed by atoms with Gasteiger partial charge in [-0.1, -0.05) is 5.92 Å². The molecule has 1 aromatic rings. The second-order valence-electron chi connectivity index (χ2n) is 7.72. The summed E-state index contributed by atoms with van der Waals surface area (Å²) in [7, 11) is 0. The Morgan fingerprint density at radius 3 is 2.80 bits per heavy atom. The van der Waals surface area contributed by atoms with Crippen LogP contribution in [0.4, 0.5) is 10.5 Å². The van der Waals surface area contributed by atoms with Crippen molar-refractivity contribution in [3.63, 3.8) is 0 Å². The topological polar surface area (TPSA) is 66.5 Å². The van der Waals surface area contributed by atoms with Crippen LogP contribution in [0.25, 0.3) is 0 Å². The average Bonchev–Trinajstić information content (AvgIpc) is 2.53. The van der Waals surface area contributed by atoms with Crippen molar-refractivity contribution in [2.24, 2.45) is 0 Å². The van der Waals surface area contributed by atoms with Gasteiger partial charge in [-0.15, -0.1) is 6.42 Å². The molecule has 1 aliphatic rings. The Kier molecular flexibility index (Phi) is 5.58. The summed E-state index contributed by atoms with van der Waals surface area (Å²) in [4.78, 5) is 18.9. The number of anilines is 1. The second-order valence-corrected chi connectivity index (χ2v) is 7.72. The number of ether oxygens (including phenoxy) is 1. The van der Waals surface area contributed by atoms with Gasteiger partial charge >= 0.3 is 6.09 Å². The summed E-state index contributed by atoms with van der Waals surface area (Å²) in [5, 5.41) is 6.66. The largest absolute Gasteiger partial charge is 0.444 e. The van der Waals surface area contributed by atoms with E-state index in [1.54, 1.807) is 11.1 Å². The van der Waals surface area contributed by atoms with Crippen LogP contribution in [0.2, 0.25) is 0 Å². The number of terminal acetylenes is 1. The Morgan fingerprint density at radius 2 is 2.16 bits per heavy atom. The molecule has 2 N–H and O–H groups in total. The van der Waals surface area contributed by atoms with Crippen LogP contribution in [0.1, 0.15) is 46.4 Å². The van der Waals surface area contributed by atoms with Crippen LogP contribution in [0.3, 0.4) is 0 Å². The molecule has 0 bridgehead atoms. The fourth-order valence-corrected chi connectivity index (χ4v) is 2.65. The quantitative estimate of drug-likeness (QED) is 0.826. The van der Waals surface area contributed by atoms with E-state index in [1.807, 2.05) is 46.8 Å². The predicted molar refractivity (Wildman–Crippen MR) is 99.3 cm³/mol. The third kappa shape index (κ3) is 5.10. The second kappa shape index (κ2) is 7.32. The Balaban J connectivity index is 2.32. The summed E-state index contributed by atoms with van der Waals surface area (Å²) in [5.41, 5.74) is 0.552. The zero-order chi connectivity index (χ0) is 18.7. The third-order valence-electron chi connectivity index (χ3n) is 3.83. The van der Waals surface area contributed by atoms with Crippen molar-refractivity contribution in [3.8, 4) is 12.3 Å². The molecule has 1 aromatic heterocycles. The van der Waals surface area contributed by atoms with Crippen LogP contribution >= 0.6 is 0 Å². The maximum absolute atomic E-state index is 12.6. The first-order chi connectivity index (χ1) is 11.6. The van der Waals surface area contributed by atoms with Crippen LogP contribution in [0.15, 0.2) is 18.3 Å². The highest BCUT2D eigenvalue weighted by Crippen LogP contribution is 2.29. The van der Waals surface area contributed by atoms with E-state index in [2.05, 4.69) is 21.5 Å². The average molecular weight is 344 g/mol. The first-order valence-corrected chi connectivity index (χ1v) is 8.54. The number of rotatable bonds is 3. The summed E-state index contributed by atoms with van der Waals surface area (Å²) in [6.45, 7) is 11.3. The number of carbonyl (C=O) groups excluding carboxylic acids is 1. The summed E-state index contributed by atoms with van der Waals surface area (Å²) < 4.78 is 5.57. The Morgan fingerprint density at radius 1 is 1.44 bits per heavy atom. The van der Waals surface area contributed by atoms with Gasteiger partial charge in [-0.05, 0) is 46.8 Å². The van der Waals surface area contributed by atoms with Crippen molar-refractivity contribution in [1.82, 2.24) is 15.2 Å². The van der Waals surface area contributed by atoms with Crippen LogP contribution < -0.4 is 10.6 Å². The molecule has 2 rings (SSSR count). The van der Waals surface area contributed by atoms with E-state index in [0.717, 1.165) is 17.9 Å². The lowest BCUT2D eigenvalue weighted by molar-refractivity contribution is 0.0114. The van der Waals surface area contributed by atoms with Crippen molar-refractivity contribution in [2.45, 2.75) is 51.8 Å². The highest BCUT2D eigenvalue weighted by Gasteiger charge is 2.34. The number of carbonyl (C=O) groups is 1. The number of hydrogen-bond donors (Lipinski definition) is 2. The van der Waals surface area contributed by atoms with E-state index in [0.29, 0.717) is 13.1 Å². The van der Waals surface area contributed by atoms with E-state index in [-0.39, 0.29) is 12.1 Å². The summed E-state index contributed by atoms with van der Waals surface area (Å²) in [6, 6.07) is 3.57. The van der Waals surface area contributed by atoms with Gasteiger partial charge in [-0.2, -0.15) is 0 Å². The van der Waals surface area contributed by atoms with Gasteiger partial charge in [-0.25, -0.2) is 4.79 Å². The summed E-state index contributed by atoms with van der Waals surface area (Å²) in [6.07, 6.45) is 7.00. The molecule has 0 radical (unpaired) electrons. The highest BCUT2D eigenvalue weighted by molar-refractivity contribution is 5.69. The van der Waals surface area contributed by atoms with Gasteiger partial charge in [0, 0.05) is 25.8 Å². The molecule has 1 atom stereocenters. The molecule has 0 aromatic carbocycles. The lowest BCUT2D eigenvalue weighted by Crippen LogP contribution is -2.50. The molecule has 1 fully saturated rings. The van der Waals surface area contributed by atoms with Crippen LogP contribution in [0.5, 0.6) is 0 Å². The van der Waals surface area contributed by atoms with E-state index in [4.69, 9.17) is 11.2 Å². The maximum atomic E-state index is 12.6. The van der Waals surface area contributed by atoms with Gasteiger partial charge in [0.15, 0.2) is 0 Å². The normalized spacial score (nSPS) is 18.4. The molecule has 0 spiro atoms. The molecule has 6 nitrogen and oxygen atoms in total. The smallest absolute Gasteiger partial charge is 0.410 e. The number of pyridine rings is 1. The zero-order valence-electron chi connectivity index (χ0n) is 15.7. The van der Waals surface area contributed by atoms with Gasteiger partial charge in [0.1, 0.15) is 5.60 Å². The van der Waals surface area contributed by atoms with E-state index >= 15 is 0 Å². The van der Waals surface area contributed by atoms with Crippen LogP contribution in [0, 0.1) is 12.3 Å². The SMILES string of the molecule is C#CC(C)(C)Nc1cccnc1C1CNCCN1C(=O)OC(C)(C)C. The van der Waals surface area contributed by atoms with Gasteiger partial charge < -0.3 is 15.4 Å². The summed E-state index contributed by atoms with van der Waals surface area (Å²) in [5.74, 6) is 2.73. The lowest BCUT2D eigenvalue weighted by Gasteiger charge is -2.37. The minimum absolute atomic E-state index is 0.221. The van der Waals surface area contributed by atoms with E-state index < -0.39 is 11.1 Å². The fraction of sp³-hybridized carbons (Fsp3) is 0.579. The molecule has 6 heteroatoms. The van der Waals surface area contributed by atoms with Crippen LogP contribution in [-0.4, -0.2) is 46.8 Å². The van der Waals surface area contributed by atoms with Crippen molar-refractivity contribution < 1.29 is 9.53 Å². The maximum Gasteiger partial charge on any atom is 0.410 e. The van der Waals surface area contributed by atoms with Gasteiger partial charge in [-0.3, -0.25) is 9.88 Å². The molecule has 25 heavy (non-hydrogen) atoms. The Bertz CT molecular complexity index is 658. The molecule has 1 unspecified atom stereocenters. The van der Waals surface area contributed by atoms with Crippen molar-refractivity contribution in [2.75, 3.05) is 25.0 Å². The van der Waals surface area contributed by atoms with E-state index in [9.17, 15) is 4.79 Å². The standard InChI is InChI=1S/C19H28N4O2/c1-7-19(5,6)22-14-9-8-10-21-16(14)15-13-20-11-12-23(15)17(24)25-18(2,3)4/h1,8-10,15,20,22H,11-13H2,2-6H3. The first-order valence-electron chi connectivity index (χ1n) is 8.54. The Labute approximate surface area is 150 Å². The van der Waals surface area contributed by atoms with Crippen LogP contribution in [-0.2, 0) is 4.74 Å². The molecule has 1 amide bonds. The molecule has 1 aliphatic heterocycles. The molecule has 2 heterocycles. The molecule has 136 valence electrons. The molecule has 1 saturated heterocycles. The third-order valence-corrected chi connectivity index (χ3v) is 3.83. The fourth-order valence-electron chi connectivity index (χ4n) is 2.65. The van der Waals surface area contributed by atoms with Crippen molar-refractivity contribution in [1.29, 1.82) is 0 Å². The van der Waals surface area contributed by atoms with Gasteiger partial charge in [0.2, 0.25) is 0 Å². The lowest BCUT2D eigenvalue weighted by atomic mass is 10.0. The minimum atomic E-state index is -0.539. The number of hydrogen-bond acceptors (Lipinski definition) is 5. The zero-order valence-corrected chi connectivity index (χ0v) is 15.7. The van der Waals surface area contributed by atoms with Crippen molar-refractivity contribution >= 4 is 11.8 Å². The number of nitrogens with zero attached hydrogens (tertiary/aromatic N) is 2. The molecular weight excluding hydrogens is 316 g/mol. The molecular formula is C19H28N4O2. The van der Waals surface area contributed by atoms with Gasteiger partial charge in [0.05, 0.1) is 23.0 Å². The molecule has 0 saturated carbocycles. The number of nitrogens with one attached hydrogen (secondary N) is 2. The Hall–Kier alpha value is -2.26. The van der Waals surface area contributed by atoms with Gasteiger partial charge in [0.25, 0.3) is 0 Å². The first kappa shape index (κ1) is 19.1. The number of piperazine rings is 1.